The third-order valence-electron chi connectivity index (χ3n) is 5.01. The molecule has 1 aromatic carbocycles. The third kappa shape index (κ3) is 4.18. The molecule has 1 aromatic rings. The Bertz CT molecular complexity index is 667. The molecule has 0 spiro atoms. The topological polar surface area (TPSA) is 84.5 Å². The highest BCUT2D eigenvalue weighted by Crippen LogP contribution is 2.40. The van der Waals surface area contributed by atoms with Crippen molar-refractivity contribution in [3.8, 4) is 0 Å². The molecule has 2 aliphatic carbocycles. The highest BCUT2D eigenvalue weighted by molar-refractivity contribution is 6.04. The second-order valence-corrected chi connectivity index (χ2v) is 6.82. The number of anilines is 1. The van der Waals surface area contributed by atoms with Crippen LogP contribution >= 0.6 is 0 Å². The fourth-order valence-corrected chi connectivity index (χ4v) is 3.44. The molecular weight excluding hydrogens is 320 g/mol. The Balaban J connectivity index is 1.55. The van der Waals surface area contributed by atoms with Gasteiger partial charge in [0.2, 0.25) is 11.8 Å². The summed E-state index contributed by atoms with van der Waals surface area (Å²) in [6, 6.07) is 6.96. The Morgan fingerprint density at radius 1 is 1.00 bits per heavy atom. The maximum Gasteiger partial charge on any atom is 0.339 e. The van der Waals surface area contributed by atoms with Crippen molar-refractivity contribution in [2.75, 3.05) is 12.4 Å². The zero-order valence-electron chi connectivity index (χ0n) is 14.4. The number of methoxy groups -OCH3 is 1. The van der Waals surface area contributed by atoms with E-state index in [2.05, 4.69) is 10.6 Å². The molecule has 2 N–H and O–H groups in total. The van der Waals surface area contributed by atoms with E-state index in [1.54, 1.807) is 24.3 Å². The summed E-state index contributed by atoms with van der Waals surface area (Å²) in [5.41, 5.74) is 0.722. The lowest BCUT2D eigenvalue weighted by atomic mass is 9.95. The summed E-state index contributed by atoms with van der Waals surface area (Å²) in [5.74, 6) is -1.33. The van der Waals surface area contributed by atoms with Gasteiger partial charge in [0.1, 0.15) is 0 Å². The predicted molar refractivity (Wildman–Crippen MR) is 93.0 cm³/mol. The number of esters is 1. The van der Waals surface area contributed by atoms with E-state index >= 15 is 0 Å². The quantitative estimate of drug-likeness (QED) is 0.804. The zero-order valence-corrected chi connectivity index (χ0v) is 14.4. The van der Waals surface area contributed by atoms with Crippen molar-refractivity contribution < 1.29 is 19.1 Å². The normalized spacial score (nSPS) is 22.8. The Hall–Kier alpha value is -2.37. The van der Waals surface area contributed by atoms with Crippen molar-refractivity contribution in [3.05, 3.63) is 29.8 Å². The fraction of sp³-hybridized carbons (Fsp3) is 0.526. The summed E-state index contributed by atoms with van der Waals surface area (Å²) < 4.78 is 4.72. The molecule has 2 amide bonds. The molecule has 0 heterocycles. The average Bonchev–Trinajstić information content (AvgIpc) is 3.43. The van der Waals surface area contributed by atoms with Crippen LogP contribution in [0.3, 0.4) is 0 Å². The molecular formula is C19H24N2O4. The summed E-state index contributed by atoms with van der Waals surface area (Å²) in [5, 5.41) is 5.83. The van der Waals surface area contributed by atoms with Crippen LogP contribution in [0.5, 0.6) is 0 Å². The van der Waals surface area contributed by atoms with Gasteiger partial charge in [0.15, 0.2) is 0 Å². The molecule has 25 heavy (non-hydrogen) atoms. The van der Waals surface area contributed by atoms with E-state index in [4.69, 9.17) is 4.74 Å². The van der Waals surface area contributed by atoms with Crippen LogP contribution in [0.15, 0.2) is 24.3 Å². The smallest absolute Gasteiger partial charge is 0.339 e. The molecule has 2 saturated carbocycles. The molecule has 0 bridgehead atoms. The van der Waals surface area contributed by atoms with Gasteiger partial charge in [0.25, 0.3) is 0 Å². The summed E-state index contributed by atoms with van der Waals surface area (Å²) in [7, 11) is 1.30. The van der Waals surface area contributed by atoms with Gasteiger partial charge in [-0.25, -0.2) is 4.79 Å². The Morgan fingerprint density at radius 3 is 2.40 bits per heavy atom. The number of benzene rings is 1. The van der Waals surface area contributed by atoms with Gasteiger partial charge in [-0.3, -0.25) is 9.59 Å². The van der Waals surface area contributed by atoms with Crippen LogP contribution in [0.1, 0.15) is 48.9 Å². The molecule has 6 heteroatoms. The lowest BCUT2D eigenvalue weighted by Crippen LogP contribution is -2.37. The Morgan fingerprint density at radius 2 is 1.68 bits per heavy atom. The number of carbonyl (C=O) groups is 3. The van der Waals surface area contributed by atoms with Crippen molar-refractivity contribution in [2.45, 2.75) is 44.6 Å². The van der Waals surface area contributed by atoms with Crippen molar-refractivity contribution in [1.29, 1.82) is 0 Å². The number of nitrogens with one attached hydrogen (secondary N) is 2. The van der Waals surface area contributed by atoms with Crippen LogP contribution in [-0.2, 0) is 14.3 Å². The van der Waals surface area contributed by atoms with Gasteiger partial charge in [-0.1, -0.05) is 31.4 Å². The summed E-state index contributed by atoms with van der Waals surface area (Å²) >= 11 is 0. The van der Waals surface area contributed by atoms with Gasteiger partial charge in [-0.2, -0.15) is 0 Å². The maximum atomic E-state index is 12.4. The SMILES string of the molecule is COC(=O)c1ccccc1NC(=O)C1CC1C(=O)NC1CCCCC1. The highest BCUT2D eigenvalue weighted by atomic mass is 16.5. The average molecular weight is 344 g/mol. The molecule has 0 aliphatic heterocycles. The van der Waals surface area contributed by atoms with E-state index in [1.165, 1.54) is 13.5 Å². The molecule has 0 aromatic heterocycles. The van der Waals surface area contributed by atoms with Gasteiger partial charge >= 0.3 is 5.97 Å². The van der Waals surface area contributed by atoms with Crippen molar-refractivity contribution in [2.24, 2.45) is 11.8 Å². The lowest BCUT2D eigenvalue weighted by molar-refractivity contribution is -0.126. The fourth-order valence-electron chi connectivity index (χ4n) is 3.44. The third-order valence-corrected chi connectivity index (χ3v) is 5.01. The Kier molecular flexibility index (Phi) is 5.36. The van der Waals surface area contributed by atoms with Gasteiger partial charge in [0.05, 0.1) is 30.2 Å². The summed E-state index contributed by atoms with van der Waals surface area (Å²) in [6.45, 7) is 0. The van der Waals surface area contributed by atoms with E-state index in [-0.39, 0.29) is 29.7 Å². The molecule has 2 atom stereocenters. The number of amides is 2. The number of hydrogen-bond donors (Lipinski definition) is 2. The van der Waals surface area contributed by atoms with E-state index in [9.17, 15) is 14.4 Å². The largest absolute Gasteiger partial charge is 0.465 e. The number of carbonyl (C=O) groups excluding carboxylic acids is 3. The maximum absolute atomic E-state index is 12.4. The van der Waals surface area contributed by atoms with E-state index in [0.29, 0.717) is 17.7 Å². The molecule has 3 rings (SSSR count). The highest BCUT2D eigenvalue weighted by Gasteiger charge is 2.48. The zero-order chi connectivity index (χ0) is 17.8. The van der Waals surface area contributed by atoms with Crippen LogP contribution < -0.4 is 10.6 Å². The first kappa shape index (κ1) is 17.5. The van der Waals surface area contributed by atoms with Gasteiger partial charge in [0, 0.05) is 6.04 Å². The lowest BCUT2D eigenvalue weighted by Gasteiger charge is -2.22. The first-order chi connectivity index (χ1) is 12.1. The summed E-state index contributed by atoms with van der Waals surface area (Å²) in [4.78, 5) is 36.5. The number of hydrogen-bond acceptors (Lipinski definition) is 4. The molecule has 0 saturated heterocycles. The molecule has 2 unspecified atom stereocenters. The predicted octanol–water partition coefficient (Wildman–Crippen LogP) is 2.50. The number of rotatable bonds is 5. The van der Waals surface area contributed by atoms with Crippen LogP contribution in [0.2, 0.25) is 0 Å². The minimum atomic E-state index is -0.502. The van der Waals surface area contributed by atoms with Crippen molar-refractivity contribution in [1.82, 2.24) is 5.32 Å². The summed E-state index contributed by atoms with van der Waals surface area (Å²) in [6.07, 6.45) is 6.17. The molecule has 2 fully saturated rings. The van der Waals surface area contributed by atoms with Crippen molar-refractivity contribution >= 4 is 23.5 Å². The van der Waals surface area contributed by atoms with E-state index in [0.717, 1.165) is 25.7 Å². The van der Waals surface area contributed by atoms with Crippen LogP contribution in [0.25, 0.3) is 0 Å². The molecule has 134 valence electrons. The monoisotopic (exact) mass is 344 g/mol. The molecule has 6 nitrogen and oxygen atoms in total. The van der Waals surface area contributed by atoms with Gasteiger partial charge in [-0.15, -0.1) is 0 Å². The second kappa shape index (κ2) is 7.68. The van der Waals surface area contributed by atoms with Crippen LogP contribution in [-0.4, -0.2) is 30.9 Å². The first-order valence-corrected chi connectivity index (χ1v) is 8.88. The van der Waals surface area contributed by atoms with Gasteiger partial charge in [-0.05, 0) is 31.4 Å². The van der Waals surface area contributed by atoms with Gasteiger partial charge < -0.3 is 15.4 Å². The molecule has 0 radical (unpaired) electrons. The Labute approximate surface area is 147 Å². The first-order valence-electron chi connectivity index (χ1n) is 8.88. The number of ether oxygens (including phenoxy) is 1. The van der Waals surface area contributed by atoms with Crippen LogP contribution in [0.4, 0.5) is 5.69 Å². The van der Waals surface area contributed by atoms with Crippen molar-refractivity contribution in [3.63, 3.8) is 0 Å². The molecule has 2 aliphatic rings. The van der Waals surface area contributed by atoms with Crippen LogP contribution in [0, 0.1) is 11.8 Å². The minimum Gasteiger partial charge on any atom is -0.465 e. The van der Waals surface area contributed by atoms with E-state index in [1.807, 2.05) is 0 Å². The van der Waals surface area contributed by atoms with E-state index < -0.39 is 5.97 Å². The minimum absolute atomic E-state index is 0.0201. The standard InChI is InChI=1S/C19H24N2O4/c1-25-19(24)13-9-5-6-10-16(13)21-18(23)15-11-14(15)17(22)20-12-7-3-2-4-8-12/h5-6,9-10,12,14-15H,2-4,7-8,11H2,1H3,(H,20,22)(H,21,23). The second-order valence-electron chi connectivity index (χ2n) is 6.82. The number of para-hydroxylation sites is 1.